The number of hydrogen-bond acceptors (Lipinski definition) is 4. The molecule has 1 N–H and O–H groups in total. The molecule has 1 heterocycles. The Hall–Kier alpha value is -2.81. The lowest BCUT2D eigenvalue weighted by Crippen LogP contribution is -2.13. The number of nitriles is 1. The third-order valence-corrected chi connectivity index (χ3v) is 2.75. The van der Waals surface area contributed by atoms with Crippen LogP contribution in [0.3, 0.4) is 0 Å². The van der Waals surface area contributed by atoms with Crippen LogP contribution in [-0.2, 0) is 7.05 Å². The summed E-state index contributed by atoms with van der Waals surface area (Å²) in [5, 5.41) is 15.7. The number of carbonyl (C=O) groups excluding carboxylic acids is 1. The average Bonchev–Trinajstić information content (AvgIpc) is 2.85. The monoisotopic (exact) mass is 284 g/mol. The molecular formula is C15H16N4O2. The molecule has 0 atom stereocenters. The van der Waals surface area contributed by atoms with E-state index in [2.05, 4.69) is 10.4 Å². The highest BCUT2D eigenvalue weighted by molar-refractivity contribution is 6.04. The van der Waals surface area contributed by atoms with Gasteiger partial charge >= 0.3 is 0 Å². The van der Waals surface area contributed by atoms with Crippen LogP contribution >= 0.6 is 0 Å². The van der Waals surface area contributed by atoms with E-state index >= 15 is 0 Å². The third-order valence-electron chi connectivity index (χ3n) is 2.75. The molecule has 2 aromatic rings. The zero-order valence-corrected chi connectivity index (χ0v) is 12.0. The molecule has 0 aliphatic carbocycles. The van der Waals surface area contributed by atoms with Gasteiger partial charge in [-0.15, -0.1) is 0 Å². The van der Waals surface area contributed by atoms with Gasteiger partial charge in [0.1, 0.15) is 17.4 Å². The largest absolute Gasteiger partial charge is 0.494 e. The van der Waals surface area contributed by atoms with Gasteiger partial charge in [-0.2, -0.15) is 10.4 Å². The number of nitrogens with one attached hydrogen (secondary N) is 1. The van der Waals surface area contributed by atoms with Crippen molar-refractivity contribution in [3.8, 4) is 11.8 Å². The molecule has 0 radical (unpaired) electrons. The SMILES string of the molecule is CCCOc1cccc(C(=O)Nc2nn(C)cc2C#N)c1. The molecular weight excluding hydrogens is 268 g/mol. The van der Waals surface area contributed by atoms with Crippen LogP contribution < -0.4 is 10.1 Å². The Morgan fingerprint density at radius 2 is 2.33 bits per heavy atom. The van der Waals surface area contributed by atoms with E-state index in [9.17, 15) is 4.79 Å². The first-order valence-electron chi connectivity index (χ1n) is 6.62. The summed E-state index contributed by atoms with van der Waals surface area (Å²) in [6.45, 7) is 2.62. The molecule has 0 spiro atoms. The maximum absolute atomic E-state index is 12.2. The van der Waals surface area contributed by atoms with Crippen LogP contribution in [0.5, 0.6) is 5.75 Å². The van der Waals surface area contributed by atoms with Crippen molar-refractivity contribution in [1.82, 2.24) is 9.78 Å². The van der Waals surface area contributed by atoms with Crippen molar-refractivity contribution >= 4 is 11.7 Å². The fraction of sp³-hybridized carbons (Fsp3) is 0.267. The predicted molar refractivity (Wildman–Crippen MR) is 78.1 cm³/mol. The highest BCUT2D eigenvalue weighted by Crippen LogP contribution is 2.16. The smallest absolute Gasteiger partial charge is 0.257 e. The van der Waals surface area contributed by atoms with Crippen LogP contribution in [0.4, 0.5) is 5.82 Å². The van der Waals surface area contributed by atoms with Gasteiger partial charge < -0.3 is 10.1 Å². The third kappa shape index (κ3) is 3.60. The molecule has 0 saturated heterocycles. The summed E-state index contributed by atoms with van der Waals surface area (Å²) in [7, 11) is 1.69. The van der Waals surface area contributed by atoms with E-state index in [0.717, 1.165) is 6.42 Å². The first-order valence-corrected chi connectivity index (χ1v) is 6.62. The van der Waals surface area contributed by atoms with Crippen molar-refractivity contribution in [3.05, 3.63) is 41.6 Å². The van der Waals surface area contributed by atoms with Crippen molar-refractivity contribution in [2.24, 2.45) is 7.05 Å². The molecule has 0 bridgehead atoms. The topological polar surface area (TPSA) is 79.9 Å². The lowest BCUT2D eigenvalue weighted by molar-refractivity contribution is 0.102. The van der Waals surface area contributed by atoms with Gasteiger partial charge in [0.2, 0.25) is 0 Å². The van der Waals surface area contributed by atoms with Crippen LogP contribution in [0.25, 0.3) is 0 Å². The van der Waals surface area contributed by atoms with Crippen LogP contribution in [-0.4, -0.2) is 22.3 Å². The van der Waals surface area contributed by atoms with Gasteiger partial charge in [-0.3, -0.25) is 9.48 Å². The molecule has 108 valence electrons. The Labute approximate surface area is 123 Å². The summed E-state index contributed by atoms with van der Waals surface area (Å²) in [5.74, 6) is 0.572. The minimum Gasteiger partial charge on any atom is -0.494 e. The lowest BCUT2D eigenvalue weighted by atomic mass is 10.2. The van der Waals surface area contributed by atoms with Crippen molar-refractivity contribution in [2.75, 3.05) is 11.9 Å². The number of nitrogens with zero attached hydrogens (tertiary/aromatic N) is 3. The molecule has 1 amide bonds. The van der Waals surface area contributed by atoms with Crippen LogP contribution in [0, 0.1) is 11.3 Å². The number of anilines is 1. The highest BCUT2D eigenvalue weighted by Gasteiger charge is 2.13. The first-order chi connectivity index (χ1) is 10.1. The molecule has 0 aliphatic rings. The number of hydrogen-bond donors (Lipinski definition) is 1. The van der Waals surface area contributed by atoms with E-state index in [-0.39, 0.29) is 11.7 Å². The number of aromatic nitrogens is 2. The Morgan fingerprint density at radius 3 is 3.05 bits per heavy atom. The van der Waals surface area contributed by atoms with E-state index in [1.54, 1.807) is 37.5 Å². The lowest BCUT2D eigenvalue weighted by Gasteiger charge is -2.07. The molecule has 0 saturated carbocycles. The highest BCUT2D eigenvalue weighted by atomic mass is 16.5. The van der Waals surface area contributed by atoms with Crippen LogP contribution in [0.2, 0.25) is 0 Å². The predicted octanol–water partition coefficient (Wildman–Crippen LogP) is 2.33. The Morgan fingerprint density at radius 1 is 1.52 bits per heavy atom. The standard InChI is InChI=1S/C15H16N4O2/c1-3-7-21-13-6-4-5-11(8-13)15(20)17-14-12(9-16)10-19(2)18-14/h4-6,8,10H,3,7H2,1-2H3,(H,17,18,20). The number of rotatable bonds is 5. The number of benzene rings is 1. The van der Waals surface area contributed by atoms with Crippen molar-refractivity contribution in [2.45, 2.75) is 13.3 Å². The Kier molecular flexibility index (Phi) is 4.57. The van der Waals surface area contributed by atoms with Crippen molar-refractivity contribution in [1.29, 1.82) is 5.26 Å². The number of ether oxygens (including phenoxy) is 1. The second-order valence-electron chi connectivity index (χ2n) is 4.51. The second-order valence-corrected chi connectivity index (χ2v) is 4.51. The number of carbonyl (C=O) groups is 1. The van der Waals surface area contributed by atoms with Gasteiger partial charge in [0.25, 0.3) is 5.91 Å². The number of amides is 1. The summed E-state index contributed by atoms with van der Waals surface area (Å²) in [4.78, 5) is 12.2. The molecule has 1 aromatic carbocycles. The van der Waals surface area contributed by atoms with Gasteiger partial charge in [0.15, 0.2) is 5.82 Å². The minimum absolute atomic E-state index is 0.255. The van der Waals surface area contributed by atoms with Crippen molar-refractivity contribution in [3.63, 3.8) is 0 Å². The average molecular weight is 284 g/mol. The van der Waals surface area contributed by atoms with Crippen LogP contribution in [0.15, 0.2) is 30.5 Å². The molecule has 1 aromatic heterocycles. The normalized spacial score (nSPS) is 9.95. The molecule has 21 heavy (non-hydrogen) atoms. The van der Waals surface area contributed by atoms with Gasteiger partial charge in [0.05, 0.1) is 6.61 Å². The molecule has 2 rings (SSSR count). The zero-order valence-electron chi connectivity index (χ0n) is 12.0. The minimum atomic E-state index is -0.327. The van der Waals surface area contributed by atoms with Crippen molar-refractivity contribution < 1.29 is 9.53 Å². The second kappa shape index (κ2) is 6.57. The van der Waals surface area contributed by atoms with E-state index < -0.39 is 0 Å². The quantitative estimate of drug-likeness (QED) is 0.913. The summed E-state index contributed by atoms with van der Waals surface area (Å²) < 4.78 is 6.97. The van der Waals surface area contributed by atoms with Gasteiger partial charge in [0, 0.05) is 18.8 Å². The first kappa shape index (κ1) is 14.6. The fourth-order valence-electron chi connectivity index (χ4n) is 1.79. The van der Waals surface area contributed by atoms with Gasteiger partial charge in [-0.25, -0.2) is 0 Å². The van der Waals surface area contributed by atoms with Crippen LogP contribution in [0.1, 0.15) is 29.3 Å². The van der Waals surface area contributed by atoms with E-state index in [1.807, 2.05) is 13.0 Å². The van der Waals surface area contributed by atoms with E-state index in [0.29, 0.717) is 23.5 Å². The molecule has 0 fully saturated rings. The van der Waals surface area contributed by atoms with Gasteiger partial charge in [-0.05, 0) is 24.6 Å². The molecule has 0 aliphatic heterocycles. The molecule has 0 unspecified atom stereocenters. The summed E-state index contributed by atoms with van der Waals surface area (Å²) in [5.41, 5.74) is 0.780. The maximum atomic E-state index is 12.2. The summed E-state index contributed by atoms with van der Waals surface area (Å²) in [6.07, 6.45) is 2.45. The van der Waals surface area contributed by atoms with E-state index in [4.69, 9.17) is 10.00 Å². The maximum Gasteiger partial charge on any atom is 0.257 e. The Bertz CT molecular complexity index is 685. The summed E-state index contributed by atoms with van der Waals surface area (Å²) in [6, 6.07) is 8.89. The Balaban J connectivity index is 2.15. The van der Waals surface area contributed by atoms with E-state index in [1.165, 1.54) is 4.68 Å². The number of aryl methyl sites for hydroxylation is 1. The molecule has 6 nitrogen and oxygen atoms in total. The van der Waals surface area contributed by atoms with Gasteiger partial charge in [-0.1, -0.05) is 13.0 Å². The summed E-state index contributed by atoms with van der Waals surface area (Å²) >= 11 is 0. The fourth-order valence-corrected chi connectivity index (χ4v) is 1.79. The molecule has 6 heteroatoms. The zero-order chi connectivity index (χ0) is 15.2.